The summed E-state index contributed by atoms with van der Waals surface area (Å²) in [6.07, 6.45) is -3.57. The van der Waals surface area contributed by atoms with Crippen LogP contribution in [0.3, 0.4) is 0 Å². The van der Waals surface area contributed by atoms with Crippen LogP contribution in [-0.2, 0) is 12.6 Å². The molecule has 0 fully saturated rings. The van der Waals surface area contributed by atoms with E-state index < -0.39 is 11.7 Å². The van der Waals surface area contributed by atoms with Crippen molar-refractivity contribution in [2.45, 2.75) is 12.6 Å². The van der Waals surface area contributed by atoms with Gasteiger partial charge in [-0.05, 0) is 18.2 Å². The van der Waals surface area contributed by atoms with Crippen LogP contribution >= 0.6 is 23.2 Å². The predicted octanol–water partition coefficient (Wildman–Crippen LogP) is 4.38. The van der Waals surface area contributed by atoms with Crippen molar-refractivity contribution in [1.82, 2.24) is 10.3 Å². The number of benzene rings is 1. The molecule has 0 radical (unpaired) electrons. The van der Waals surface area contributed by atoms with Crippen molar-refractivity contribution in [3.63, 3.8) is 0 Å². The molecule has 2 rings (SSSR count). The molecule has 1 N–H and O–H groups in total. The van der Waals surface area contributed by atoms with Gasteiger partial charge < -0.3 is 5.32 Å². The van der Waals surface area contributed by atoms with E-state index in [2.05, 4.69) is 10.3 Å². The standard InChI is InChI=1S/C15H11Cl2F3N2O/c16-11-4-2-1-3-10(11)14(23)21-6-5-13-12(17)7-9(8-22-13)15(18,19)20/h1-4,7-8H,5-6H2,(H,21,23). The van der Waals surface area contributed by atoms with Gasteiger partial charge in [0.1, 0.15) is 0 Å². The van der Waals surface area contributed by atoms with Crippen molar-refractivity contribution in [3.05, 3.63) is 63.4 Å². The van der Waals surface area contributed by atoms with E-state index in [1.54, 1.807) is 24.3 Å². The zero-order valence-electron chi connectivity index (χ0n) is 11.6. The molecule has 0 aliphatic rings. The van der Waals surface area contributed by atoms with Crippen molar-refractivity contribution in [1.29, 1.82) is 0 Å². The number of hydrogen-bond donors (Lipinski definition) is 1. The number of amides is 1. The van der Waals surface area contributed by atoms with E-state index in [0.717, 1.165) is 12.3 Å². The fraction of sp³-hybridized carbons (Fsp3) is 0.200. The smallest absolute Gasteiger partial charge is 0.352 e. The Kier molecular flexibility index (Phi) is 5.49. The Hall–Kier alpha value is -1.79. The summed E-state index contributed by atoms with van der Waals surface area (Å²) in [5.41, 5.74) is -0.314. The number of halogens is 5. The predicted molar refractivity (Wildman–Crippen MR) is 81.7 cm³/mol. The topological polar surface area (TPSA) is 42.0 Å². The highest BCUT2D eigenvalue weighted by Gasteiger charge is 2.31. The molecule has 23 heavy (non-hydrogen) atoms. The number of hydrogen-bond acceptors (Lipinski definition) is 2. The fourth-order valence-electron chi connectivity index (χ4n) is 1.84. The summed E-state index contributed by atoms with van der Waals surface area (Å²) in [5, 5.41) is 2.84. The second kappa shape index (κ2) is 7.19. The third kappa shape index (κ3) is 4.59. The maximum atomic E-state index is 12.5. The van der Waals surface area contributed by atoms with Crippen LogP contribution in [0.25, 0.3) is 0 Å². The molecule has 0 unspecified atom stereocenters. The van der Waals surface area contributed by atoms with Gasteiger partial charge in [-0.25, -0.2) is 0 Å². The Balaban J connectivity index is 1.97. The normalized spacial score (nSPS) is 11.3. The molecule has 3 nitrogen and oxygen atoms in total. The van der Waals surface area contributed by atoms with Crippen LogP contribution in [0, 0.1) is 0 Å². The minimum atomic E-state index is -4.49. The summed E-state index contributed by atoms with van der Waals surface area (Å²) in [6.45, 7) is 0.169. The molecule has 0 saturated heterocycles. The number of carbonyl (C=O) groups is 1. The number of aromatic nitrogens is 1. The molecule has 0 saturated carbocycles. The summed E-state index contributed by atoms with van der Waals surface area (Å²) >= 11 is 11.7. The number of nitrogens with zero attached hydrogens (tertiary/aromatic N) is 1. The first kappa shape index (κ1) is 17.6. The van der Waals surface area contributed by atoms with Crippen molar-refractivity contribution in [2.75, 3.05) is 6.54 Å². The molecule has 8 heteroatoms. The number of nitrogens with one attached hydrogen (secondary N) is 1. The van der Waals surface area contributed by atoms with Crippen molar-refractivity contribution in [3.8, 4) is 0 Å². The molecule has 1 amide bonds. The molecule has 1 aromatic heterocycles. The lowest BCUT2D eigenvalue weighted by molar-refractivity contribution is -0.137. The van der Waals surface area contributed by atoms with E-state index >= 15 is 0 Å². The van der Waals surface area contributed by atoms with Crippen LogP contribution in [0.15, 0.2) is 36.5 Å². The Morgan fingerprint density at radius 1 is 1.17 bits per heavy atom. The monoisotopic (exact) mass is 362 g/mol. The Bertz CT molecular complexity index is 720. The maximum Gasteiger partial charge on any atom is 0.417 e. The van der Waals surface area contributed by atoms with Crippen LogP contribution in [-0.4, -0.2) is 17.4 Å². The molecular formula is C15H11Cl2F3N2O. The summed E-state index contributed by atoms with van der Waals surface area (Å²) in [7, 11) is 0. The summed E-state index contributed by atoms with van der Waals surface area (Å²) in [4.78, 5) is 15.6. The third-order valence-corrected chi connectivity index (χ3v) is 3.67. The van der Waals surface area contributed by atoms with Gasteiger partial charge in [-0.3, -0.25) is 9.78 Å². The summed E-state index contributed by atoms with van der Waals surface area (Å²) in [5.74, 6) is -0.376. The molecule has 0 spiro atoms. The van der Waals surface area contributed by atoms with Gasteiger partial charge in [-0.2, -0.15) is 13.2 Å². The Labute approximate surface area is 140 Å². The highest BCUT2D eigenvalue weighted by Crippen LogP contribution is 2.31. The van der Waals surface area contributed by atoms with Crippen molar-refractivity contribution < 1.29 is 18.0 Å². The quantitative estimate of drug-likeness (QED) is 0.876. The van der Waals surface area contributed by atoms with Gasteiger partial charge >= 0.3 is 6.18 Å². The highest BCUT2D eigenvalue weighted by atomic mass is 35.5. The van der Waals surface area contributed by atoms with E-state index in [1.165, 1.54) is 0 Å². The Morgan fingerprint density at radius 3 is 2.48 bits per heavy atom. The largest absolute Gasteiger partial charge is 0.417 e. The minimum absolute atomic E-state index is 0.0909. The van der Waals surface area contributed by atoms with Gasteiger partial charge in [0, 0.05) is 19.2 Å². The van der Waals surface area contributed by atoms with Crippen LogP contribution < -0.4 is 5.32 Å². The average molecular weight is 363 g/mol. The summed E-state index contributed by atoms with van der Waals surface area (Å²) in [6, 6.07) is 7.35. The van der Waals surface area contributed by atoms with Gasteiger partial charge in [0.2, 0.25) is 0 Å². The molecular weight excluding hydrogens is 352 g/mol. The maximum absolute atomic E-state index is 12.5. The van der Waals surface area contributed by atoms with Gasteiger partial charge in [0.05, 0.1) is 26.9 Å². The van der Waals surface area contributed by atoms with Gasteiger partial charge in [0.25, 0.3) is 5.91 Å². The van der Waals surface area contributed by atoms with Gasteiger partial charge in [-0.1, -0.05) is 35.3 Å². The number of carbonyl (C=O) groups excluding carboxylic acids is 1. The van der Waals surface area contributed by atoms with Crippen LogP contribution in [0.1, 0.15) is 21.6 Å². The molecule has 0 atom stereocenters. The zero-order valence-corrected chi connectivity index (χ0v) is 13.1. The number of pyridine rings is 1. The van der Waals surface area contributed by atoms with Gasteiger partial charge in [0.15, 0.2) is 0 Å². The van der Waals surface area contributed by atoms with E-state index in [-0.39, 0.29) is 29.6 Å². The summed E-state index contributed by atoms with van der Waals surface area (Å²) < 4.78 is 37.5. The van der Waals surface area contributed by atoms with Crippen LogP contribution in [0.4, 0.5) is 13.2 Å². The van der Waals surface area contributed by atoms with E-state index in [1.807, 2.05) is 0 Å². The molecule has 0 aliphatic heterocycles. The molecule has 2 aromatic rings. The average Bonchev–Trinajstić information content (AvgIpc) is 2.48. The van der Waals surface area contributed by atoms with Crippen molar-refractivity contribution in [2.24, 2.45) is 0 Å². The third-order valence-electron chi connectivity index (χ3n) is 3.01. The first-order valence-corrected chi connectivity index (χ1v) is 7.29. The lowest BCUT2D eigenvalue weighted by Crippen LogP contribution is -2.26. The molecule has 1 heterocycles. The van der Waals surface area contributed by atoms with E-state index in [0.29, 0.717) is 10.6 Å². The van der Waals surface area contributed by atoms with E-state index in [4.69, 9.17) is 23.2 Å². The molecule has 1 aromatic carbocycles. The lowest BCUT2D eigenvalue weighted by atomic mass is 10.2. The van der Waals surface area contributed by atoms with Crippen molar-refractivity contribution >= 4 is 29.1 Å². The van der Waals surface area contributed by atoms with Gasteiger partial charge in [-0.15, -0.1) is 0 Å². The fourth-order valence-corrected chi connectivity index (χ4v) is 2.32. The second-order valence-electron chi connectivity index (χ2n) is 4.64. The first-order chi connectivity index (χ1) is 10.8. The Morgan fingerprint density at radius 2 is 1.87 bits per heavy atom. The first-order valence-electron chi connectivity index (χ1n) is 6.53. The molecule has 0 bridgehead atoms. The van der Waals surface area contributed by atoms with Crippen LogP contribution in [0.5, 0.6) is 0 Å². The number of rotatable bonds is 4. The lowest BCUT2D eigenvalue weighted by Gasteiger charge is -2.10. The van der Waals surface area contributed by atoms with Crippen LogP contribution in [0.2, 0.25) is 10.0 Å². The molecule has 122 valence electrons. The zero-order chi connectivity index (χ0) is 17.0. The highest BCUT2D eigenvalue weighted by molar-refractivity contribution is 6.33. The second-order valence-corrected chi connectivity index (χ2v) is 5.45. The number of alkyl halides is 3. The molecule has 0 aliphatic carbocycles. The SMILES string of the molecule is O=C(NCCc1ncc(C(F)(F)F)cc1Cl)c1ccccc1Cl. The van der Waals surface area contributed by atoms with E-state index in [9.17, 15) is 18.0 Å². The minimum Gasteiger partial charge on any atom is -0.352 e.